The zero-order chi connectivity index (χ0) is 17.5. The molecule has 26 heavy (non-hydrogen) atoms. The molecule has 0 bridgehead atoms. The molecule has 0 spiro atoms. The Labute approximate surface area is 167 Å². The maximum Gasteiger partial charge on any atom is 0.243 e. The first-order valence-corrected chi connectivity index (χ1v) is 8.10. The van der Waals surface area contributed by atoms with Crippen LogP contribution in [-0.4, -0.2) is 74.6 Å². The molecule has 9 heteroatoms. The summed E-state index contributed by atoms with van der Waals surface area (Å²) >= 11 is 0. The van der Waals surface area contributed by atoms with Crippen LogP contribution in [0.15, 0.2) is 24.3 Å². The Bertz CT molecular complexity index is 581. The number of nitrogens with zero attached hydrogens (tertiary/aromatic N) is 2. The SMILES string of the molecule is COCC(N)C(=O)Nc1cccc(CC(=O)N2CCN(C)CC2)c1.Cl.Cl. The quantitative estimate of drug-likeness (QED) is 0.727. The number of halogens is 2. The lowest BCUT2D eigenvalue weighted by atomic mass is 10.1. The fraction of sp³-hybridized carbons (Fsp3) is 0.529. The molecule has 1 aromatic rings. The number of nitrogens with one attached hydrogen (secondary N) is 1. The third-order valence-corrected chi connectivity index (χ3v) is 4.09. The predicted molar refractivity (Wildman–Crippen MR) is 107 cm³/mol. The standard InChI is InChI=1S/C17H26N4O3.2ClH/c1-20-6-8-21(9-7-20)16(22)11-13-4-3-5-14(10-13)19-17(23)15(18)12-24-2;;/h3-5,10,15H,6-9,11-12,18H2,1-2H3,(H,19,23);2*1H. The van der Waals surface area contributed by atoms with Gasteiger partial charge in [0.25, 0.3) is 0 Å². The van der Waals surface area contributed by atoms with Crippen LogP contribution >= 0.6 is 24.8 Å². The monoisotopic (exact) mass is 406 g/mol. The van der Waals surface area contributed by atoms with Crippen molar-refractivity contribution in [2.45, 2.75) is 12.5 Å². The third-order valence-electron chi connectivity index (χ3n) is 4.09. The highest BCUT2D eigenvalue weighted by atomic mass is 35.5. The molecule has 1 fully saturated rings. The van der Waals surface area contributed by atoms with Crippen LogP contribution in [0.25, 0.3) is 0 Å². The van der Waals surface area contributed by atoms with Crippen molar-refractivity contribution in [3.8, 4) is 0 Å². The van der Waals surface area contributed by atoms with E-state index in [-0.39, 0.29) is 43.2 Å². The summed E-state index contributed by atoms with van der Waals surface area (Å²) in [5, 5.41) is 2.75. The minimum Gasteiger partial charge on any atom is -0.383 e. The zero-order valence-corrected chi connectivity index (χ0v) is 16.8. The maximum atomic E-state index is 12.4. The molecule has 3 N–H and O–H groups in total. The molecule has 0 radical (unpaired) electrons. The van der Waals surface area contributed by atoms with E-state index < -0.39 is 6.04 Å². The normalized spacial score (nSPS) is 15.4. The van der Waals surface area contributed by atoms with Crippen molar-refractivity contribution in [1.82, 2.24) is 9.80 Å². The second kappa shape index (κ2) is 12.1. The molecule has 2 amide bonds. The van der Waals surface area contributed by atoms with Gasteiger partial charge in [-0.3, -0.25) is 9.59 Å². The molecule has 1 heterocycles. The van der Waals surface area contributed by atoms with Crippen LogP contribution in [0.4, 0.5) is 5.69 Å². The van der Waals surface area contributed by atoms with Gasteiger partial charge in [-0.1, -0.05) is 12.1 Å². The lowest BCUT2D eigenvalue weighted by Gasteiger charge is -2.32. The molecular formula is C17H28Cl2N4O3. The van der Waals surface area contributed by atoms with E-state index in [1.54, 1.807) is 6.07 Å². The molecule has 7 nitrogen and oxygen atoms in total. The Kier molecular flexibility index (Phi) is 11.4. The summed E-state index contributed by atoms with van der Waals surface area (Å²) in [6.07, 6.45) is 0.331. The number of likely N-dealkylation sites (N-methyl/N-ethyl adjacent to an activating group) is 1. The molecule has 1 atom stereocenters. The lowest BCUT2D eigenvalue weighted by Crippen LogP contribution is -2.47. The van der Waals surface area contributed by atoms with Crippen molar-refractivity contribution in [1.29, 1.82) is 0 Å². The van der Waals surface area contributed by atoms with Gasteiger partial charge >= 0.3 is 0 Å². The van der Waals surface area contributed by atoms with Crippen LogP contribution < -0.4 is 11.1 Å². The zero-order valence-electron chi connectivity index (χ0n) is 15.1. The number of hydrogen-bond donors (Lipinski definition) is 2. The van der Waals surface area contributed by atoms with Crippen molar-refractivity contribution < 1.29 is 14.3 Å². The summed E-state index contributed by atoms with van der Waals surface area (Å²) in [4.78, 5) is 28.4. The number of ether oxygens (including phenoxy) is 1. The van der Waals surface area contributed by atoms with Gasteiger partial charge in [0.2, 0.25) is 11.8 Å². The Morgan fingerprint density at radius 1 is 1.23 bits per heavy atom. The molecule has 1 aliphatic rings. The van der Waals surface area contributed by atoms with E-state index in [2.05, 4.69) is 17.3 Å². The predicted octanol–water partition coefficient (Wildman–Crippen LogP) is 0.759. The van der Waals surface area contributed by atoms with E-state index >= 15 is 0 Å². The van der Waals surface area contributed by atoms with Crippen molar-refractivity contribution in [2.75, 3.05) is 52.3 Å². The average Bonchev–Trinajstić information content (AvgIpc) is 2.56. The number of piperazine rings is 1. The number of benzene rings is 1. The molecule has 0 saturated carbocycles. The van der Waals surface area contributed by atoms with Crippen LogP contribution in [0, 0.1) is 0 Å². The van der Waals surface area contributed by atoms with E-state index in [0.29, 0.717) is 12.1 Å². The first-order valence-electron chi connectivity index (χ1n) is 8.10. The van der Waals surface area contributed by atoms with Gasteiger partial charge in [0, 0.05) is 39.0 Å². The number of rotatable bonds is 6. The van der Waals surface area contributed by atoms with Gasteiger partial charge < -0.3 is 25.6 Å². The Morgan fingerprint density at radius 3 is 2.50 bits per heavy atom. The van der Waals surface area contributed by atoms with E-state index in [4.69, 9.17) is 10.5 Å². The van der Waals surface area contributed by atoms with Gasteiger partial charge in [-0.15, -0.1) is 24.8 Å². The highest BCUT2D eigenvalue weighted by Gasteiger charge is 2.19. The molecule has 148 valence electrons. The van der Waals surface area contributed by atoms with Gasteiger partial charge in [-0.05, 0) is 24.7 Å². The summed E-state index contributed by atoms with van der Waals surface area (Å²) in [5.41, 5.74) is 7.21. The maximum absolute atomic E-state index is 12.4. The second-order valence-corrected chi connectivity index (χ2v) is 6.11. The Balaban J connectivity index is 0.00000312. The number of anilines is 1. The molecule has 0 aromatic heterocycles. The summed E-state index contributed by atoms with van der Waals surface area (Å²) in [6.45, 7) is 3.49. The van der Waals surface area contributed by atoms with E-state index in [0.717, 1.165) is 31.7 Å². The molecule has 1 aromatic carbocycles. The molecule has 1 aliphatic heterocycles. The molecule has 1 unspecified atom stereocenters. The number of hydrogen-bond acceptors (Lipinski definition) is 5. The average molecular weight is 407 g/mol. The van der Waals surface area contributed by atoms with Crippen LogP contribution in [0.1, 0.15) is 5.56 Å². The summed E-state index contributed by atoms with van der Waals surface area (Å²) in [5.74, 6) is -0.193. The van der Waals surface area contributed by atoms with E-state index in [9.17, 15) is 9.59 Å². The number of nitrogens with two attached hydrogens (primary N) is 1. The van der Waals surface area contributed by atoms with Crippen LogP contribution in [0.3, 0.4) is 0 Å². The van der Waals surface area contributed by atoms with E-state index in [1.807, 2.05) is 23.1 Å². The Hall–Kier alpha value is -1.38. The fourth-order valence-electron chi connectivity index (χ4n) is 2.59. The minimum atomic E-state index is -0.717. The topological polar surface area (TPSA) is 87.9 Å². The van der Waals surface area contributed by atoms with Crippen molar-refractivity contribution in [3.05, 3.63) is 29.8 Å². The summed E-state index contributed by atoms with van der Waals surface area (Å²) < 4.78 is 4.87. The highest BCUT2D eigenvalue weighted by Crippen LogP contribution is 2.13. The number of carbonyl (C=O) groups is 2. The first-order chi connectivity index (χ1) is 11.5. The lowest BCUT2D eigenvalue weighted by molar-refractivity contribution is -0.132. The van der Waals surface area contributed by atoms with Gasteiger partial charge in [0.05, 0.1) is 13.0 Å². The van der Waals surface area contributed by atoms with Crippen LogP contribution in [0.2, 0.25) is 0 Å². The molecule has 0 aliphatic carbocycles. The smallest absolute Gasteiger partial charge is 0.243 e. The largest absolute Gasteiger partial charge is 0.383 e. The minimum absolute atomic E-state index is 0. The first kappa shape index (κ1) is 24.6. The van der Waals surface area contributed by atoms with Crippen molar-refractivity contribution >= 4 is 42.3 Å². The summed E-state index contributed by atoms with van der Waals surface area (Å²) in [6, 6.07) is 6.58. The molecule has 2 rings (SSSR count). The number of carbonyl (C=O) groups excluding carboxylic acids is 2. The van der Waals surface area contributed by atoms with Crippen LogP contribution in [-0.2, 0) is 20.7 Å². The van der Waals surface area contributed by atoms with Gasteiger partial charge in [-0.2, -0.15) is 0 Å². The number of methoxy groups -OCH3 is 1. The summed E-state index contributed by atoms with van der Waals surface area (Å²) in [7, 11) is 3.56. The number of amides is 2. The Morgan fingerprint density at radius 2 is 1.88 bits per heavy atom. The van der Waals surface area contributed by atoms with Crippen LogP contribution in [0.5, 0.6) is 0 Å². The van der Waals surface area contributed by atoms with Gasteiger partial charge in [0.15, 0.2) is 0 Å². The van der Waals surface area contributed by atoms with Crippen molar-refractivity contribution in [2.24, 2.45) is 5.73 Å². The van der Waals surface area contributed by atoms with E-state index in [1.165, 1.54) is 7.11 Å². The second-order valence-electron chi connectivity index (χ2n) is 6.11. The molecular weight excluding hydrogens is 379 g/mol. The third kappa shape index (κ3) is 7.47. The van der Waals surface area contributed by atoms with Crippen molar-refractivity contribution in [3.63, 3.8) is 0 Å². The highest BCUT2D eigenvalue weighted by molar-refractivity contribution is 5.95. The van der Waals surface area contributed by atoms with Gasteiger partial charge in [-0.25, -0.2) is 0 Å². The fourth-order valence-corrected chi connectivity index (χ4v) is 2.59. The van der Waals surface area contributed by atoms with Gasteiger partial charge in [0.1, 0.15) is 6.04 Å². The molecule has 1 saturated heterocycles.